The number of hydrogen-bond acceptors (Lipinski definition) is 2. The molecule has 3 heteroatoms. The van der Waals surface area contributed by atoms with Gasteiger partial charge in [0, 0.05) is 22.8 Å². The van der Waals surface area contributed by atoms with E-state index in [1.54, 1.807) is 0 Å². The Balaban J connectivity index is 2.30. The monoisotopic (exact) mass is 378 g/mol. The van der Waals surface area contributed by atoms with Gasteiger partial charge in [0.05, 0.1) is 0 Å². The molecule has 0 bridgehead atoms. The van der Waals surface area contributed by atoms with E-state index in [2.05, 4.69) is 74.7 Å². The molecular weight excluding hydrogens is 344 g/mol. The Kier molecular flexibility index (Phi) is 6.71. The van der Waals surface area contributed by atoms with E-state index in [1.165, 1.54) is 16.7 Å². The highest BCUT2D eigenvalue weighted by Gasteiger charge is 2.15. The fourth-order valence-electron chi connectivity index (χ4n) is 3.12. The highest BCUT2D eigenvalue weighted by atomic mass is 16.1. The molecule has 2 aromatic rings. The summed E-state index contributed by atoms with van der Waals surface area (Å²) < 4.78 is 0. The van der Waals surface area contributed by atoms with Crippen molar-refractivity contribution in [3.63, 3.8) is 0 Å². The van der Waals surface area contributed by atoms with Crippen LogP contribution in [-0.2, 0) is 4.79 Å². The van der Waals surface area contributed by atoms with E-state index in [1.807, 2.05) is 33.8 Å². The number of carbonyl (C=O) groups excluding carboxylic acids is 1. The third-order valence-electron chi connectivity index (χ3n) is 4.48. The predicted octanol–water partition coefficient (Wildman–Crippen LogP) is 6.11. The van der Waals surface area contributed by atoms with Crippen molar-refractivity contribution in [3.05, 3.63) is 58.7 Å². The van der Waals surface area contributed by atoms with Gasteiger partial charge in [0.25, 0.3) is 0 Å². The lowest BCUT2D eigenvalue weighted by molar-refractivity contribution is -0.118. The van der Waals surface area contributed by atoms with Gasteiger partial charge in [-0.2, -0.15) is 0 Å². The summed E-state index contributed by atoms with van der Waals surface area (Å²) in [6, 6.07) is 13.4. The van der Waals surface area contributed by atoms with Crippen molar-refractivity contribution in [2.75, 3.05) is 5.32 Å². The molecule has 0 radical (unpaired) electrons. The van der Waals surface area contributed by atoms with Gasteiger partial charge >= 0.3 is 0 Å². The maximum Gasteiger partial charge on any atom is 0.247 e. The second-order valence-electron chi connectivity index (χ2n) is 8.93. The van der Waals surface area contributed by atoms with Crippen LogP contribution >= 0.6 is 0 Å². The normalized spacial score (nSPS) is 12.2. The SMILES string of the molecule is C/C(=C\c1cc(C)c(-c2ccc(NC(C)C)cc2)cc1C)C(=O)NC(C)(C)C. The first-order valence-electron chi connectivity index (χ1n) is 9.95. The molecule has 2 N–H and O–H groups in total. The van der Waals surface area contributed by atoms with Crippen LogP contribution in [0.25, 0.3) is 17.2 Å². The first-order chi connectivity index (χ1) is 13.0. The number of hydrogen-bond donors (Lipinski definition) is 2. The Morgan fingerprint density at radius 1 is 1.00 bits per heavy atom. The highest BCUT2D eigenvalue weighted by Crippen LogP contribution is 2.29. The summed E-state index contributed by atoms with van der Waals surface area (Å²) in [5, 5.41) is 6.44. The molecule has 0 aliphatic heterocycles. The molecular formula is C25H34N2O. The van der Waals surface area contributed by atoms with Crippen LogP contribution < -0.4 is 10.6 Å². The van der Waals surface area contributed by atoms with E-state index in [4.69, 9.17) is 0 Å². The van der Waals surface area contributed by atoms with E-state index in [-0.39, 0.29) is 11.4 Å². The Bertz CT molecular complexity index is 869. The van der Waals surface area contributed by atoms with Crippen molar-refractivity contribution in [1.82, 2.24) is 5.32 Å². The molecule has 0 aromatic heterocycles. The second kappa shape index (κ2) is 8.64. The Morgan fingerprint density at radius 2 is 1.61 bits per heavy atom. The Labute approximate surface area is 170 Å². The first kappa shape index (κ1) is 21.7. The fourth-order valence-corrected chi connectivity index (χ4v) is 3.12. The largest absolute Gasteiger partial charge is 0.383 e. The smallest absolute Gasteiger partial charge is 0.247 e. The summed E-state index contributed by atoms with van der Waals surface area (Å²) in [7, 11) is 0. The van der Waals surface area contributed by atoms with E-state index < -0.39 is 0 Å². The lowest BCUT2D eigenvalue weighted by Gasteiger charge is -2.20. The summed E-state index contributed by atoms with van der Waals surface area (Å²) in [5.74, 6) is -0.0260. The predicted molar refractivity (Wildman–Crippen MR) is 122 cm³/mol. The lowest BCUT2D eigenvalue weighted by atomic mass is 9.94. The van der Waals surface area contributed by atoms with Crippen molar-refractivity contribution in [2.45, 2.75) is 67.0 Å². The zero-order valence-electron chi connectivity index (χ0n) is 18.5. The molecule has 0 aliphatic carbocycles. The van der Waals surface area contributed by atoms with Gasteiger partial charge in [0.1, 0.15) is 0 Å². The topological polar surface area (TPSA) is 41.1 Å². The highest BCUT2D eigenvalue weighted by molar-refractivity contribution is 5.98. The molecule has 0 saturated carbocycles. The van der Waals surface area contributed by atoms with Crippen molar-refractivity contribution in [2.24, 2.45) is 0 Å². The van der Waals surface area contributed by atoms with E-state index in [9.17, 15) is 4.79 Å². The number of anilines is 1. The number of benzene rings is 2. The molecule has 0 aliphatic rings. The molecule has 2 aromatic carbocycles. The van der Waals surface area contributed by atoms with Crippen LogP contribution in [0.3, 0.4) is 0 Å². The van der Waals surface area contributed by atoms with Crippen molar-refractivity contribution < 1.29 is 4.79 Å². The maximum atomic E-state index is 12.4. The Morgan fingerprint density at radius 3 is 2.14 bits per heavy atom. The number of nitrogens with one attached hydrogen (secondary N) is 2. The molecule has 0 unspecified atom stereocenters. The van der Waals surface area contributed by atoms with E-state index in [0.29, 0.717) is 11.6 Å². The minimum atomic E-state index is -0.239. The summed E-state index contributed by atoms with van der Waals surface area (Å²) in [6.45, 7) is 16.3. The van der Waals surface area contributed by atoms with Crippen LogP contribution in [0.2, 0.25) is 0 Å². The lowest BCUT2D eigenvalue weighted by Crippen LogP contribution is -2.40. The van der Waals surface area contributed by atoms with Crippen LogP contribution in [-0.4, -0.2) is 17.5 Å². The van der Waals surface area contributed by atoms with Crippen molar-refractivity contribution in [3.8, 4) is 11.1 Å². The molecule has 0 saturated heterocycles. The molecule has 0 heterocycles. The Hall–Kier alpha value is -2.55. The summed E-state index contributed by atoms with van der Waals surface area (Å²) in [5.41, 5.74) is 7.48. The fraction of sp³-hybridized carbons (Fsp3) is 0.400. The van der Waals surface area contributed by atoms with Gasteiger partial charge in [-0.1, -0.05) is 24.3 Å². The van der Waals surface area contributed by atoms with E-state index >= 15 is 0 Å². The quantitative estimate of drug-likeness (QED) is 0.616. The molecule has 2 rings (SSSR count). The van der Waals surface area contributed by atoms with Gasteiger partial charge < -0.3 is 10.6 Å². The first-order valence-corrected chi connectivity index (χ1v) is 9.95. The van der Waals surface area contributed by atoms with Crippen LogP contribution in [0.15, 0.2) is 42.0 Å². The molecule has 0 fully saturated rings. The molecule has 150 valence electrons. The zero-order valence-corrected chi connectivity index (χ0v) is 18.5. The number of amides is 1. The third kappa shape index (κ3) is 5.98. The average Bonchev–Trinajstić information content (AvgIpc) is 2.56. The van der Waals surface area contributed by atoms with Crippen LogP contribution in [0, 0.1) is 13.8 Å². The molecule has 3 nitrogen and oxygen atoms in total. The second-order valence-corrected chi connectivity index (χ2v) is 8.93. The summed E-state index contributed by atoms with van der Waals surface area (Å²) in [6.07, 6.45) is 1.98. The van der Waals surface area contributed by atoms with Crippen LogP contribution in [0.1, 0.15) is 58.2 Å². The number of carbonyl (C=O) groups is 1. The van der Waals surface area contributed by atoms with Gasteiger partial charge in [-0.05, 0) is 101 Å². The third-order valence-corrected chi connectivity index (χ3v) is 4.48. The number of rotatable bonds is 5. The van der Waals surface area contributed by atoms with Crippen LogP contribution in [0.5, 0.6) is 0 Å². The van der Waals surface area contributed by atoms with Crippen molar-refractivity contribution in [1.29, 1.82) is 0 Å². The summed E-state index contributed by atoms with van der Waals surface area (Å²) in [4.78, 5) is 12.4. The van der Waals surface area contributed by atoms with Gasteiger partial charge in [-0.3, -0.25) is 4.79 Å². The van der Waals surface area contributed by atoms with Gasteiger partial charge in [-0.25, -0.2) is 0 Å². The zero-order chi connectivity index (χ0) is 21.1. The number of aryl methyl sites for hydroxylation is 2. The van der Waals surface area contributed by atoms with Gasteiger partial charge in [-0.15, -0.1) is 0 Å². The summed E-state index contributed by atoms with van der Waals surface area (Å²) >= 11 is 0. The molecule has 1 amide bonds. The average molecular weight is 379 g/mol. The molecule has 28 heavy (non-hydrogen) atoms. The van der Waals surface area contributed by atoms with Gasteiger partial charge in [0.15, 0.2) is 0 Å². The van der Waals surface area contributed by atoms with E-state index in [0.717, 1.165) is 16.8 Å². The van der Waals surface area contributed by atoms with Crippen LogP contribution in [0.4, 0.5) is 5.69 Å². The molecule has 0 spiro atoms. The minimum Gasteiger partial charge on any atom is -0.383 e. The maximum absolute atomic E-state index is 12.4. The van der Waals surface area contributed by atoms with Crippen molar-refractivity contribution >= 4 is 17.7 Å². The minimum absolute atomic E-state index is 0.0260. The van der Waals surface area contributed by atoms with Gasteiger partial charge in [0.2, 0.25) is 5.91 Å². The standard InChI is InChI=1S/C25H34N2O/c1-16(2)26-22-11-9-20(10-12-22)23-15-17(3)21(13-18(23)4)14-19(5)24(28)27-25(6,7)8/h9-16,26H,1-8H3,(H,27,28)/b19-14+. The molecule has 0 atom stereocenters.